The Bertz CT molecular complexity index is 588. The van der Waals surface area contributed by atoms with Gasteiger partial charge < -0.3 is 15.0 Å². The molecule has 0 bridgehead atoms. The van der Waals surface area contributed by atoms with Crippen molar-refractivity contribution in [2.75, 3.05) is 7.11 Å². The van der Waals surface area contributed by atoms with Gasteiger partial charge in [0.25, 0.3) is 0 Å². The first-order chi connectivity index (χ1) is 9.69. The van der Waals surface area contributed by atoms with E-state index in [1.54, 1.807) is 12.1 Å². The molecular weight excluding hydrogens is 279 g/mol. The normalized spacial score (nSPS) is 10.8. The lowest BCUT2D eigenvalue weighted by Gasteiger charge is -2.07. The van der Waals surface area contributed by atoms with Crippen LogP contribution in [0.2, 0.25) is 0 Å². The molecule has 2 N–H and O–H groups in total. The Morgan fingerprint density at radius 1 is 1.40 bits per heavy atom. The summed E-state index contributed by atoms with van der Waals surface area (Å²) in [6.45, 7) is 3.09. The van der Waals surface area contributed by atoms with Gasteiger partial charge in [0.15, 0.2) is 5.16 Å². The average Bonchev–Trinajstić information content (AvgIpc) is 2.87. The largest absolute Gasteiger partial charge is 0.497 e. The number of thioether (sulfide) groups is 1. The molecule has 0 atom stereocenters. The molecule has 5 nitrogen and oxygen atoms in total. The summed E-state index contributed by atoms with van der Waals surface area (Å²) in [5.41, 5.74) is 6.20. The molecule has 0 radical (unpaired) electrons. The zero-order chi connectivity index (χ0) is 14.5. The number of hydrogen-bond donors (Lipinski definition) is 1. The first-order valence-electron chi connectivity index (χ1n) is 6.27. The maximum Gasteiger partial charge on any atom is 0.191 e. The summed E-state index contributed by atoms with van der Waals surface area (Å²) in [6.07, 6.45) is 0. The minimum absolute atomic E-state index is 0.279. The smallest absolute Gasteiger partial charge is 0.191 e. The summed E-state index contributed by atoms with van der Waals surface area (Å²) in [5.74, 6) is 1.46. The third kappa shape index (κ3) is 3.10. The molecular formula is C13H17FN4OS. The fourth-order valence-corrected chi connectivity index (χ4v) is 2.82. The lowest BCUT2D eigenvalue weighted by Crippen LogP contribution is -2.08. The van der Waals surface area contributed by atoms with Crippen LogP contribution in [0.1, 0.15) is 18.3 Å². The predicted octanol–water partition coefficient (Wildman–Crippen LogP) is 2.20. The molecule has 0 saturated heterocycles. The summed E-state index contributed by atoms with van der Waals surface area (Å²) < 4.78 is 20.8. The van der Waals surface area contributed by atoms with Crippen LogP contribution in [0.15, 0.2) is 23.4 Å². The maximum atomic E-state index is 13.8. The SMILES string of the molecule is CCn1c(CN)nnc1SCc1ccc(OC)cc1F. The van der Waals surface area contributed by atoms with Gasteiger partial charge in [0.1, 0.15) is 17.4 Å². The number of aromatic nitrogens is 3. The van der Waals surface area contributed by atoms with Gasteiger partial charge in [-0.3, -0.25) is 0 Å². The second-order valence-electron chi connectivity index (χ2n) is 4.09. The lowest BCUT2D eigenvalue weighted by molar-refractivity contribution is 0.411. The second kappa shape index (κ2) is 6.71. The van der Waals surface area contributed by atoms with Gasteiger partial charge >= 0.3 is 0 Å². The summed E-state index contributed by atoms with van der Waals surface area (Å²) in [6, 6.07) is 4.85. The number of halogens is 1. The quantitative estimate of drug-likeness (QED) is 0.828. The van der Waals surface area contributed by atoms with Crippen molar-refractivity contribution in [1.29, 1.82) is 0 Å². The van der Waals surface area contributed by atoms with Crippen LogP contribution < -0.4 is 10.5 Å². The second-order valence-corrected chi connectivity index (χ2v) is 5.04. The molecule has 2 rings (SSSR count). The summed E-state index contributed by atoms with van der Waals surface area (Å²) in [5, 5.41) is 8.86. The topological polar surface area (TPSA) is 66.0 Å². The molecule has 0 saturated carbocycles. The van der Waals surface area contributed by atoms with E-state index in [-0.39, 0.29) is 5.82 Å². The van der Waals surface area contributed by atoms with E-state index in [4.69, 9.17) is 10.5 Å². The molecule has 0 aliphatic rings. The number of benzene rings is 1. The fourth-order valence-electron chi connectivity index (χ4n) is 1.81. The van der Waals surface area contributed by atoms with Crippen molar-refractivity contribution in [3.8, 4) is 5.75 Å². The van der Waals surface area contributed by atoms with Crippen LogP contribution in [0.4, 0.5) is 4.39 Å². The Balaban J connectivity index is 2.11. The van der Waals surface area contributed by atoms with E-state index in [0.717, 1.165) is 17.5 Å². The third-order valence-corrected chi connectivity index (χ3v) is 3.92. The third-order valence-electron chi connectivity index (χ3n) is 2.91. The van der Waals surface area contributed by atoms with E-state index in [2.05, 4.69) is 10.2 Å². The van der Waals surface area contributed by atoms with Crippen molar-refractivity contribution < 1.29 is 9.13 Å². The predicted molar refractivity (Wildman–Crippen MR) is 76.1 cm³/mol. The molecule has 1 aromatic carbocycles. The van der Waals surface area contributed by atoms with E-state index in [1.165, 1.54) is 24.9 Å². The van der Waals surface area contributed by atoms with Gasteiger partial charge in [0, 0.05) is 18.4 Å². The maximum absolute atomic E-state index is 13.8. The number of nitrogens with two attached hydrogens (primary N) is 1. The average molecular weight is 296 g/mol. The summed E-state index contributed by atoms with van der Waals surface area (Å²) in [4.78, 5) is 0. The minimum atomic E-state index is -0.279. The van der Waals surface area contributed by atoms with Gasteiger partial charge in [-0.25, -0.2) is 4.39 Å². The Morgan fingerprint density at radius 3 is 2.80 bits per heavy atom. The van der Waals surface area contributed by atoms with Crippen LogP contribution in [-0.2, 0) is 18.8 Å². The van der Waals surface area contributed by atoms with Crippen LogP contribution in [-0.4, -0.2) is 21.9 Å². The van der Waals surface area contributed by atoms with Gasteiger partial charge in [-0.15, -0.1) is 10.2 Å². The molecule has 0 fully saturated rings. The van der Waals surface area contributed by atoms with Crippen LogP contribution in [0.5, 0.6) is 5.75 Å². The highest BCUT2D eigenvalue weighted by atomic mass is 32.2. The number of hydrogen-bond acceptors (Lipinski definition) is 5. The molecule has 2 aromatic rings. The first-order valence-corrected chi connectivity index (χ1v) is 7.25. The zero-order valence-electron chi connectivity index (χ0n) is 11.5. The zero-order valence-corrected chi connectivity index (χ0v) is 12.3. The van der Waals surface area contributed by atoms with E-state index in [9.17, 15) is 4.39 Å². The van der Waals surface area contributed by atoms with Crippen molar-refractivity contribution in [2.24, 2.45) is 5.73 Å². The highest BCUT2D eigenvalue weighted by molar-refractivity contribution is 7.98. The highest BCUT2D eigenvalue weighted by Gasteiger charge is 2.11. The monoisotopic (exact) mass is 296 g/mol. The molecule has 1 aromatic heterocycles. The lowest BCUT2D eigenvalue weighted by atomic mass is 10.2. The van der Waals surface area contributed by atoms with Crippen molar-refractivity contribution in [2.45, 2.75) is 30.9 Å². The number of rotatable bonds is 6. The van der Waals surface area contributed by atoms with Crippen molar-refractivity contribution >= 4 is 11.8 Å². The van der Waals surface area contributed by atoms with Crippen LogP contribution >= 0.6 is 11.8 Å². The van der Waals surface area contributed by atoms with Crippen molar-refractivity contribution in [3.63, 3.8) is 0 Å². The van der Waals surface area contributed by atoms with Crippen molar-refractivity contribution in [3.05, 3.63) is 35.4 Å². The molecule has 0 aliphatic carbocycles. The van der Waals surface area contributed by atoms with Crippen LogP contribution in [0, 0.1) is 5.82 Å². The first kappa shape index (κ1) is 14.8. The van der Waals surface area contributed by atoms with Gasteiger partial charge in [0.2, 0.25) is 0 Å². The molecule has 0 amide bonds. The van der Waals surface area contributed by atoms with E-state index >= 15 is 0 Å². The summed E-state index contributed by atoms with van der Waals surface area (Å²) >= 11 is 1.44. The highest BCUT2D eigenvalue weighted by Crippen LogP contribution is 2.25. The molecule has 0 aliphatic heterocycles. The number of nitrogens with zero attached hydrogens (tertiary/aromatic N) is 3. The number of ether oxygens (including phenoxy) is 1. The minimum Gasteiger partial charge on any atom is -0.497 e. The van der Waals surface area contributed by atoms with Gasteiger partial charge in [0.05, 0.1) is 13.7 Å². The molecule has 7 heteroatoms. The Kier molecular flexibility index (Phi) is 4.97. The Morgan fingerprint density at radius 2 is 2.20 bits per heavy atom. The van der Waals surface area contributed by atoms with E-state index in [1.807, 2.05) is 11.5 Å². The Labute approximate surface area is 121 Å². The van der Waals surface area contributed by atoms with Crippen molar-refractivity contribution in [1.82, 2.24) is 14.8 Å². The standard InChI is InChI=1S/C13H17FN4OS/c1-3-18-12(7-15)16-17-13(18)20-8-9-4-5-10(19-2)6-11(9)14/h4-6H,3,7-8,15H2,1-2H3. The van der Waals surface area contributed by atoms with Gasteiger partial charge in [-0.05, 0) is 18.6 Å². The Hall–Kier alpha value is -1.60. The van der Waals surface area contributed by atoms with E-state index in [0.29, 0.717) is 23.6 Å². The molecule has 0 spiro atoms. The molecule has 1 heterocycles. The molecule has 108 valence electrons. The van der Waals surface area contributed by atoms with E-state index < -0.39 is 0 Å². The van der Waals surface area contributed by atoms with Crippen LogP contribution in [0.25, 0.3) is 0 Å². The molecule has 20 heavy (non-hydrogen) atoms. The van der Waals surface area contributed by atoms with Gasteiger partial charge in [-0.2, -0.15) is 0 Å². The number of methoxy groups -OCH3 is 1. The fraction of sp³-hybridized carbons (Fsp3) is 0.385. The van der Waals surface area contributed by atoms with Gasteiger partial charge in [-0.1, -0.05) is 17.8 Å². The summed E-state index contributed by atoms with van der Waals surface area (Å²) in [7, 11) is 1.52. The molecule has 0 unspecified atom stereocenters. The van der Waals surface area contributed by atoms with Crippen LogP contribution in [0.3, 0.4) is 0 Å².